The number of hydrogen-bond donors (Lipinski definition) is 1. The van der Waals surface area contributed by atoms with E-state index in [-0.39, 0.29) is 12.5 Å². The van der Waals surface area contributed by atoms with Gasteiger partial charge in [0, 0.05) is 18.7 Å². The van der Waals surface area contributed by atoms with E-state index in [0.717, 1.165) is 31.7 Å². The highest BCUT2D eigenvalue weighted by Gasteiger charge is 2.27. The van der Waals surface area contributed by atoms with Gasteiger partial charge < -0.3 is 15.0 Å². The molecule has 1 aliphatic heterocycles. The third-order valence-electron chi connectivity index (χ3n) is 4.44. The van der Waals surface area contributed by atoms with E-state index in [1.54, 1.807) is 30.5 Å². The molecule has 1 saturated heterocycles. The molecule has 3 rings (SSSR count). The molecular weight excluding hydrogens is 371 g/mol. The number of anilines is 2. The number of aromatic nitrogens is 1. The van der Waals surface area contributed by atoms with Crippen molar-refractivity contribution in [3.8, 4) is 0 Å². The lowest BCUT2D eigenvalue weighted by Crippen LogP contribution is -2.30. The lowest BCUT2D eigenvalue weighted by atomic mass is 10.1. The zero-order valence-corrected chi connectivity index (χ0v) is 15.3. The number of pyridine rings is 1. The lowest BCUT2D eigenvalue weighted by Gasteiger charge is -2.27. The Morgan fingerprint density at radius 1 is 1.07 bits per heavy atom. The number of halogens is 3. The number of nitrogens with one attached hydrogen (secondary N) is 1. The number of alkyl halides is 3. The summed E-state index contributed by atoms with van der Waals surface area (Å²) in [5.74, 6) is 0.594. The van der Waals surface area contributed by atoms with Crippen LogP contribution in [0.3, 0.4) is 0 Å². The summed E-state index contributed by atoms with van der Waals surface area (Å²) >= 11 is 0. The van der Waals surface area contributed by atoms with Crippen LogP contribution in [0.2, 0.25) is 0 Å². The van der Waals surface area contributed by atoms with Crippen molar-refractivity contribution in [1.29, 1.82) is 0 Å². The molecule has 1 fully saturated rings. The molecule has 0 bridgehead atoms. The Morgan fingerprint density at radius 3 is 2.39 bits per heavy atom. The van der Waals surface area contributed by atoms with Crippen LogP contribution in [-0.2, 0) is 11.3 Å². The third kappa shape index (κ3) is 5.95. The molecule has 1 N–H and O–H groups in total. The highest BCUT2D eigenvalue weighted by molar-refractivity contribution is 6.04. The molecule has 0 saturated carbocycles. The van der Waals surface area contributed by atoms with Crippen LogP contribution in [0.25, 0.3) is 0 Å². The molecule has 1 amide bonds. The van der Waals surface area contributed by atoms with Crippen molar-refractivity contribution in [2.45, 2.75) is 32.0 Å². The van der Waals surface area contributed by atoms with Crippen molar-refractivity contribution >= 4 is 17.4 Å². The van der Waals surface area contributed by atoms with E-state index in [1.807, 2.05) is 12.1 Å². The lowest BCUT2D eigenvalue weighted by molar-refractivity contribution is -0.176. The number of rotatable bonds is 6. The van der Waals surface area contributed by atoms with Crippen LogP contribution in [0.4, 0.5) is 24.7 Å². The Kier molecular flexibility index (Phi) is 6.51. The van der Waals surface area contributed by atoms with Crippen molar-refractivity contribution in [3.63, 3.8) is 0 Å². The smallest absolute Gasteiger partial charge is 0.367 e. The quantitative estimate of drug-likeness (QED) is 0.790. The number of hydrogen-bond acceptors (Lipinski definition) is 4. The Labute approximate surface area is 161 Å². The van der Waals surface area contributed by atoms with Crippen LogP contribution in [-0.4, -0.2) is 36.8 Å². The highest BCUT2D eigenvalue weighted by Crippen LogP contribution is 2.20. The highest BCUT2D eigenvalue weighted by atomic mass is 19.4. The van der Waals surface area contributed by atoms with Gasteiger partial charge >= 0.3 is 6.18 Å². The van der Waals surface area contributed by atoms with E-state index in [4.69, 9.17) is 0 Å². The average molecular weight is 393 g/mol. The van der Waals surface area contributed by atoms with E-state index in [2.05, 4.69) is 19.9 Å². The molecule has 0 spiro atoms. The molecule has 5 nitrogen and oxygen atoms in total. The summed E-state index contributed by atoms with van der Waals surface area (Å²) in [6.45, 7) is 0.536. The molecule has 1 aromatic heterocycles. The molecular formula is C20H22F3N3O2. The minimum atomic E-state index is -4.35. The fraction of sp³-hybridized carbons (Fsp3) is 0.400. The maximum absolute atomic E-state index is 12.3. The Bertz CT molecular complexity index is 771. The monoisotopic (exact) mass is 393 g/mol. The number of carbonyl (C=O) groups is 1. The first kappa shape index (κ1) is 20.1. The normalized spacial score (nSPS) is 14.8. The predicted octanol–water partition coefficient (Wildman–Crippen LogP) is 4.40. The van der Waals surface area contributed by atoms with E-state index >= 15 is 0 Å². The summed E-state index contributed by atoms with van der Waals surface area (Å²) in [6.07, 6.45) is 0.852. The summed E-state index contributed by atoms with van der Waals surface area (Å²) in [5, 5.41) is 2.77. The number of piperidine rings is 1. The average Bonchev–Trinajstić information content (AvgIpc) is 2.69. The molecule has 8 heteroatoms. The van der Waals surface area contributed by atoms with Gasteiger partial charge in [-0.05, 0) is 49.1 Å². The van der Waals surface area contributed by atoms with Gasteiger partial charge in [-0.2, -0.15) is 13.2 Å². The van der Waals surface area contributed by atoms with Gasteiger partial charge in [-0.25, -0.2) is 4.98 Å². The van der Waals surface area contributed by atoms with Crippen LogP contribution >= 0.6 is 0 Å². The number of benzene rings is 1. The van der Waals surface area contributed by atoms with Gasteiger partial charge in [0.05, 0.1) is 18.5 Å². The number of amides is 1. The molecule has 0 atom stereocenters. The number of nitrogens with zero attached hydrogens (tertiary/aromatic N) is 2. The zero-order valence-electron chi connectivity index (χ0n) is 15.3. The minimum absolute atomic E-state index is 0.163. The second-order valence-corrected chi connectivity index (χ2v) is 6.71. The molecule has 1 aliphatic rings. The molecule has 2 heterocycles. The molecule has 0 unspecified atom stereocenters. The van der Waals surface area contributed by atoms with Crippen LogP contribution in [0.15, 0.2) is 42.6 Å². The third-order valence-corrected chi connectivity index (χ3v) is 4.44. The summed E-state index contributed by atoms with van der Waals surface area (Å²) < 4.78 is 40.8. The Balaban J connectivity index is 1.52. The van der Waals surface area contributed by atoms with Crippen LogP contribution in [0.5, 0.6) is 0 Å². The van der Waals surface area contributed by atoms with Crippen molar-refractivity contribution in [2.75, 3.05) is 29.9 Å². The van der Waals surface area contributed by atoms with E-state index in [9.17, 15) is 18.0 Å². The van der Waals surface area contributed by atoms with Gasteiger partial charge in [-0.15, -0.1) is 0 Å². The first-order chi connectivity index (χ1) is 13.4. The standard InChI is InChI=1S/C20H22F3N3O2/c21-20(22,23)14-28-13-15-4-6-16(7-5-15)19(27)25-17-8-9-18(24-12-17)26-10-2-1-3-11-26/h4-9,12H,1-3,10-11,13-14H2,(H,25,27). The first-order valence-corrected chi connectivity index (χ1v) is 9.16. The summed E-state index contributed by atoms with van der Waals surface area (Å²) in [6, 6.07) is 9.95. The van der Waals surface area contributed by atoms with Gasteiger partial charge in [0.2, 0.25) is 0 Å². The van der Waals surface area contributed by atoms with Gasteiger partial charge in [0.25, 0.3) is 5.91 Å². The Hall–Kier alpha value is -2.61. The summed E-state index contributed by atoms with van der Waals surface area (Å²) in [7, 11) is 0. The second kappa shape index (κ2) is 9.05. The molecule has 0 aliphatic carbocycles. The van der Waals surface area contributed by atoms with Crippen LogP contribution in [0.1, 0.15) is 35.2 Å². The van der Waals surface area contributed by atoms with E-state index < -0.39 is 12.8 Å². The minimum Gasteiger partial charge on any atom is -0.367 e. The largest absolute Gasteiger partial charge is 0.411 e. The van der Waals surface area contributed by atoms with Crippen molar-refractivity contribution < 1.29 is 22.7 Å². The summed E-state index contributed by atoms with van der Waals surface area (Å²) in [4.78, 5) is 19.0. The molecule has 2 aromatic rings. The van der Waals surface area contributed by atoms with E-state index in [0.29, 0.717) is 16.8 Å². The maximum atomic E-state index is 12.3. The fourth-order valence-electron chi connectivity index (χ4n) is 3.01. The predicted molar refractivity (Wildman–Crippen MR) is 100 cm³/mol. The Morgan fingerprint density at radius 2 is 1.79 bits per heavy atom. The van der Waals surface area contributed by atoms with Gasteiger partial charge in [-0.3, -0.25) is 4.79 Å². The van der Waals surface area contributed by atoms with E-state index in [1.165, 1.54) is 6.42 Å². The maximum Gasteiger partial charge on any atom is 0.411 e. The van der Waals surface area contributed by atoms with Crippen molar-refractivity contribution in [3.05, 3.63) is 53.7 Å². The summed E-state index contributed by atoms with van der Waals surface area (Å²) in [5.41, 5.74) is 1.55. The zero-order chi connectivity index (χ0) is 20.0. The molecule has 150 valence electrons. The van der Waals surface area contributed by atoms with Gasteiger partial charge in [0.15, 0.2) is 0 Å². The fourth-order valence-corrected chi connectivity index (χ4v) is 3.01. The number of carbonyl (C=O) groups excluding carboxylic acids is 1. The molecule has 0 radical (unpaired) electrons. The van der Waals surface area contributed by atoms with Crippen LogP contribution < -0.4 is 10.2 Å². The topological polar surface area (TPSA) is 54.5 Å². The molecule has 28 heavy (non-hydrogen) atoms. The van der Waals surface area contributed by atoms with Crippen molar-refractivity contribution in [2.24, 2.45) is 0 Å². The van der Waals surface area contributed by atoms with Gasteiger partial charge in [0.1, 0.15) is 12.4 Å². The second-order valence-electron chi connectivity index (χ2n) is 6.71. The molecule has 1 aromatic carbocycles. The SMILES string of the molecule is O=C(Nc1ccc(N2CCCCC2)nc1)c1ccc(COCC(F)(F)F)cc1. The number of ether oxygens (including phenoxy) is 1. The van der Waals surface area contributed by atoms with Gasteiger partial charge in [-0.1, -0.05) is 12.1 Å². The van der Waals surface area contributed by atoms with Crippen LogP contribution in [0, 0.1) is 0 Å². The van der Waals surface area contributed by atoms with Crippen molar-refractivity contribution in [1.82, 2.24) is 4.98 Å². The first-order valence-electron chi connectivity index (χ1n) is 9.16.